The third-order valence-electron chi connectivity index (χ3n) is 4.23. The van der Waals surface area contributed by atoms with Gasteiger partial charge in [-0.1, -0.05) is 115 Å². The van der Waals surface area contributed by atoms with Crippen LogP contribution in [0.5, 0.6) is 0 Å². The molecule has 2 aliphatic carbocycles. The molecule has 105 valence electrons. The van der Waals surface area contributed by atoms with Gasteiger partial charge in [-0.05, 0) is 31.1 Å². The van der Waals surface area contributed by atoms with E-state index in [9.17, 15) is 0 Å². The lowest BCUT2D eigenvalue weighted by molar-refractivity contribution is 0.161. The van der Waals surface area contributed by atoms with Crippen LogP contribution in [0, 0.1) is 23.7 Å². The van der Waals surface area contributed by atoms with E-state index in [4.69, 9.17) is 0 Å². The number of halogens is 6. The minimum absolute atomic E-state index is 0.203. The first-order valence-electron chi connectivity index (χ1n) is 6.22. The Labute approximate surface area is 160 Å². The van der Waals surface area contributed by atoms with E-state index in [0.29, 0.717) is 11.8 Å². The van der Waals surface area contributed by atoms with Gasteiger partial charge in [-0.3, -0.25) is 0 Å². The van der Waals surface area contributed by atoms with Crippen LogP contribution in [-0.4, -0.2) is 4.29 Å². The Hall–Kier alpha value is 2.88. The molecule has 2 aliphatic rings. The van der Waals surface area contributed by atoms with E-state index in [0.717, 1.165) is 5.92 Å². The summed E-state index contributed by atoms with van der Waals surface area (Å²) in [5, 5.41) is 0. The van der Waals surface area contributed by atoms with Crippen molar-refractivity contribution < 1.29 is 0 Å². The van der Waals surface area contributed by atoms with Gasteiger partial charge in [-0.25, -0.2) is 0 Å². The molecule has 0 saturated heterocycles. The highest BCUT2D eigenvalue weighted by Crippen LogP contribution is 2.63. The molecule has 0 aromatic heterocycles. The Balaban J connectivity index is 2.28. The second kappa shape index (κ2) is 6.55. The van der Waals surface area contributed by atoms with E-state index >= 15 is 0 Å². The van der Waals surface area contributed by atoms with E-state index in [1.165, 1.54) is 44.4 Å². The third-order valence-corrected chi connectivity index (χ3v) is 7.26. The average Bonchev–Trinajstić information content (AvgIpc) is 2.24. The van der Waals surface area contributed by atoms with Crippen molar-refractivity contribution in [3.8, 4) is 0 Å². The van der Waals surface area contributed by atoms with Crippen LogP contribution in [0.15, 0.2) is 0 Å². The van der Waals surface area contributed by atoms with Crippen LogP contribution in [0.3, 0.4) is 0 Å². The molecular formula is C12H15Br6. The van der Waals surface area contributed by atoms with Crippen molar-refractivity contribution in [2.24, 2.45) is 17.8 Å². The zero-order valence-electron chi connectivity index (χ0n) is 9.74. The topological polar surface area (TPSA) is 0 Å². The molecule has 0 aliphatic heterocycles. The molecule has 0 aromatic rings. The molecule has 2 saturated carbocycles. The van der Waals surface area contributed by atoms with Crippen molar-refractivity contribution in [3.05, 3.63) is 5.92 Å². The van der Waals surface area contributed by atoms with E-state index in [-0.39, 0.29) is 4.29 Å². The zero-order chi connectivity index (χ0) is 13.6. The highest BCUT2D eigenvalue weighted by Gasteiger charge is 2.53. The van der Waals surface area contributed by atoms with Crippen molar-refractivity contribution in [3.63, 3.8) is 0 Å². The number of fused-ring (bicyclic) bond motifs is 1. The van der Waals surface area contributed by atoms with Crippen LogP contribution in [0.4, 0.5) is 0 Å². The average molecular weight is 639 g/mol. The molecule has 0 nitrogen and oxygen atoms in total. The summed E-state index contributed by atoms with van der Waals surface area (Å²) in [6.45, 7) is 0. The molecule has 1 radical (unpaired) electrons. The fraction of sp³-hybridized carbons (Fsp3) is 0.917. The summed E-state index contributed by atoms with van der Waals surface area (Å²) in [7, 11) is 0. The number of alkyl halides is 6. The number of hydrogen-bond donors (Lipinski definition) is 0. The predicted molar refractivity (Wildman–Crippen MR) is 100 cm³/mol. The first kappa shape index (κ1) is 17.2. The maximum atomic E-state index is 3.77. The molecule has 2 rings (SSSR count). The smallest absolute Gasteiger partial charge is 0.0596 e. The Morgan fingerprint density at radius 3 is 1.94 bits per heavy atom. The molecule has 0 heterocycles. The lowest BCUT2D eigenvalue weighted by atomic mass is 9.62. The molecule has 0 N–H and O–H groups in total. The monoisotopic (exact) mass is 633 g/mol. The second-order valence-corrected chi connectivity index (χ2v) is 19.0. The van der Waals surface area contributed by atoms with Gasteiger partial charge < -0.3 is 0 Å². The van der Waals surface area contributed by atoms with Crippen molar-refractivity contribution >= 4 is 95.6 Å². The van der Waals surface area contributed by atoms with E-state index < -0.39 is 0 Å². The van der Waals surface area contributed by atoms with Gasteiger partial charge in [0.05, 0.1) is 0 Å². The van der Waals surface area contributed by atoms with Gasteiger partial charge in [-0.2, -0.15) is 0 Å². The highest BCUT2D eigenvalue weighted by atomic mass is 80.0. The maximum Gasteiger partial charge on any atom is 0.141 e. The van der Waals surface area contributed by atoms with Gasteiger partial charge >= 0.3 is 0 Å². The van der Waals surface area contributed by atoms with Gasteiger partial charge in [0.25, 0.3) is 0 Å². The van der Waals surface area contributed by atoms with Gasteiger partial charge in [0.1, 0.15) is 4.29 Å². The standard InChI is InChI=1S/C12H15Br6/c13-11(14,15)9-6-5-7-3-1-2-4-8(7)10(9)12(16,17)18/h7-9H,1-6H2. The van der Waals surface area contributed by atoms with Crippen LogP contribution >= 0.6 is 95.6 Å². The number of rotatable bonds is 0. The number of hydrogen-bond acceptors (Lipinski definition) is 0. The first-order chi connectivity index (χ1) is 8.21. The molecule has 18 heavy (non-hydrogen) atoms. The predicted octanol–water partition coefficient (Wildman–Crippen LogP) is 7.45. The van der Waals surface area contributed by atoms with Crippen LogP contribution in [0.25, 0.3) is 0 Å². The summed E-state index contributed by atoms with van der Waals surface area (Å²) < 4.78 is -0.454. The third kappa shape index (κ3) is 3.99. The summed E-state index contributed by atoms with van der Waals surface area (Å²) in [4.78, 5) is 0. The Bertz CT molecular complexity index is 292. The second-order valence-electron chi connectivity index (χ2n) is 5.28. The summed E-state index contributed by atoms with van der Waals surface area (Å²) in [6, 6.07) is 0. The largest absolute Gasteiger partial charge is 0.141 e. The highest BCUT2D eigenvalue weighted by molar-refractivity contribution is 9.40. The minimum Gasteiger partial charge on any atom is -0.0596 e. The fourth-order valence-corrected chi connectivity index (χ4v) is 6.64. The van der Waals surface area contributed by atoms with Gasteiger partial charge in [-0.15, -0.1) is 0 Å². The van der Waals surface area contributed by atoms with Crippen LogP contribution in [0.1, 0.15) is 38.5 Å². The summed E-state index contributed by atoms with van der Waals surface area (Å²) in [5.74, 6) is 3.56. The minimum atomic E-state index is -0.251. The molecule has 3 unspecified atom stereocenters. The summed E-state index contributed by atoms with van der Waals surface area (Å²) >= 11 is 22.5. The molecule has 3 atom stereocenters. The maximum absolute atomic E-state index is 3.77. The van der Waals surface area contributed by atoms with Crippen molar-refractivity contribution in [2.75, 3.05) is 0 Å². The van der Waals surface area contributed by atoms with E-state index in [1.54, 1.807) is 0 Å². The molecule has 0 bridgehead atoms. The van der Waals surface area contributed by atoms with E-state index in [1.807, 2.05) is 0 Å². The Kier molecular flexibility index (Phi) is 6.28. The molecule has 6 heteroatoms. The van der Waals surface area contributed by atoms with Crippen LogP contribution in [-0.2, 0) is 0 Å². The van der Waals surface area contributed by atoms with E-state index in [2.05, 4.69) is 95.6 Å². The molecule has 0 amide bonds. The normalized spacial score (nSPS) is 35.3. The van der Waals surface area contributed by atoms with Crippen molar-refractivity contribution in [2.45, 2.75) is 42.8 Å². The lowest BCUT2D eigenvalue weighted by Crippen LogP contribution is -2.45. The summed E-state index contributed by atoms with van der Waals surface area (Å²) in [5.41, 5.74) is 0. The van der Waals surface area contributed by atoms with Crippen molar-refractivity contribution in [1.82, 2.24) is 0 Å². The van der Waals surface area contributed by atoms with Gasteiger partial charge in [0, 0.05) is 11.8 Å². The Morgan fingerprint density at radius 2 is 1.39 bits per heavy atom. The summed E-state index contributed by atoms with van der Waals surface area (Å²) in [6.07, 6.45) is 8.03. The molecular weight excluding hydrogens is 624 g/mol. The molecule has 0 spiro atoms. The van der Waals surface area contributed by atoms with Gasteiger partial charge in [0.15, 0.2) is 0 Å². The molecule has 0 aromatic carbocycles. The van der Waals surface area contributed by atoms with Crippen LogP contribution in [0.2, 0.25) is 0 Å². The Morgan fingerprint density at radius 1 is 0.778 bits per heavy atom. The van der Waals surface area contributed by atoms with Gasteiger partial charge in [0.2, 0.25) is 0 Å². The lowest BCUT2D eigenvalue weighted by Gasteiger charge is -2.50. The van der Waals surface area contributed by atoms with Crippen LogP contribution < -0.4 is 0 Å². The van der Waals surface area contributed by atoms with Crippen molar-refractivity contribution in [1.29, 1.82) is 0 Å². The fourth-order valence-electron chi connectivity index (χ4n) is 3.51. The first-order valence-corrected chi connectivity index (χ1v) is 11.0. The zero-order valence-corrected chi connectivity index (χ0v) is 19.3. The quantitative estimate of drug-likeness (QED) is 0.242. The SMILES string of the molecule is BrC(Br)(Br)[C]1C2CCCCC2CCC1C(Br)(Br)Br. The molecule has 2 fully saturated rings.